The third-order valence-electron chi connectivity index (χ3n) is 6.35. The Kier molecular flexibility index (Phi) is 5.80. The van der Waals surface area contributed by atoms with Gasteiger partial charge >= 0.3 is 0 Å². The molecular formula is C27H20F2N2O4. The number of nitrogens with zero attached hydrogens (tertiary/aromatic N) is 2. The molecule has 2 aromatic carbocycles. The molecule has 35 heavy (non-hydrogen) atoms. The number of fused-ring (bicyclic) bond motifs is 1. The Balaban J connectivity index is 1.28. The molecule has 8 heteroatoms. The van der Waals surface area contributed by atoms with Crippen molar-refractivity contribution in [2.24, 2.45) is 10.4 Å². The van der Waals surface area contributed by atoms with Gasteiger partial charge < -0.3 is 4.74 Å². The Hall–Kier alpha value is -4.07. The number of aromatic nitrogens is 1. The van der Waals surface area contributed by atoms with Gasteiger partial charge in [-0.25, -0.2) is 18.8 Å². The molecular weight excluding hydrogens is 454 g/mol. The van der Waals surface area contributed by atoms with Crippen molar-refractivity contribution < 1.29 is 27.9 Å². The van der Waals surface area contributed by atoms with E-state index in [0.29, 0.717) is 35.3 Å². The highest BCUT2D eigenvalue weighted by molar-refractivity contribution is 6.29. The average Bonchev–Trinajstić information content (AvgIpc) is 3.65. The summed E-state index contributed by atoms with van der Waals surface area (Å²) < 4.78 is 33.7. The lowest BCUT2D eigenvalue weighted by atomic mass is 9.88. The predicted molar refractivity (Wildman–Crippen MR) is 123 cm³/mol. The molecule has 176 valence electrons. The molecule has 0 amide bonds. The van der Waals surface area contributed by atoms with Gasteiger partial charge in [-0.05, 0) is 54.3 Å². The van der Waals surface area contributed by atoms with Crippen LogP contribution in [0.1, 0.15) is 29.5 Å². The number of carbonyl (C=O) groups is 3. The largest absolute Gasteiger partial charge is 0.454 e. The van der Waals surface area contributed by atoms with Crippen LogP contribution in [0.15, 0.2) is 59.7 Å². The lowest BCUT2D eigenvalue weighted by molar-refractivity contribution is -0.133. The summed E-state index contributed by atoms with van der Waals surface area (Å²) in [6, 6.07) is 11.4. The van der Waals surface area contributed by atoms with E-state index < -0.39 is 17.0 Å². The minimum Gasteiger partial charge on any atom is -0.454 e. The Bertz CT molecular complexity index is 1380. The summed E-state index contributed by atoms with van der Waals surface area (Å²) in [6.45, 7) is 0. The fraction of sp³-hybridized carbons (Fsp3) is 0.222. The first-order chi connectivity index (χ1) is 16.8. The van der Waals surface area contributed by atoms with Crippen LogP contribution in [-0.4, -0.2) is 28.5 Å². The number of rotatable bonds is 8. The third-order valence-corrected chi connectivity index (χ3v) is 6.35. The van der Waals surface area contributed by atoms with Gasteiger partial charge in [0, 0.05) is 31.0 Å². The molecule has 0 bridgehead atoms. The number of ether oxygens (including phenoxy) is 1. The highest BCUT2D eigenvalue weighted by Gasteiger charge is 2.54. The summed E-state index contributed by atoms with van der Waals surface area (Å²) in [4.78, 5) is 45.6. The number of pyridine rings is 1. The Morgan fingerprint density at radius 3 is 2.29 bits per heavy atom. The van der Waals surface area contributed by atoms with Gasteiger partial charge in [0.05, 0.1) is 11.6 Å². The summed E-state index contributed by atoms with van der Waals surface area (Å²) in [6.07, 6.45) is 3.61. The van der Waals surface area contributed by atoms with Crippen LogP contribution in [0.2, 0.25) is 0 Å². The van der Waals surface area contributed by atoms with Crippen LogP contribution in [0.5, 0.6) is 11.5 Å². The smallest absolute Gasteiger partial charge is 0.178 e. The predicted octanol–water partition coefficient (Wildman–Crippen LogP) is 4.68. The number of hydrogen-bond acceptors (Lipinski definition) is 6. The van der Waals surface area contributed by atoms with E-state index in [-0.39, 0.29) is 48.1 Å². The summed E-state index contributed by atoms with van der Waals surface area (Å²) in [5, 5.41) is 0. The van der Waals surface area contributed by atoms with Crippen molar-refractivity contribution in [2.45, 2.75) is 32.1 Å². The van der Waals surface area contributed by atoms with E-state index in [1.807, 2.05) is 0 Å². The van der Waals surface area contributed by atoms with Gasteiger partial charge in [-0.2, -0.15) is 0 Å². The van der Waals surface area contributed by atoms with Crippen LogP contribution in [0.4, 0.5) is 14.6 Å². The van der Waals surface area contributed by atoms with Gasteiger partial charge in [0.1, 0.15) is 11.6 Å². The molecule has 0 radical (unpaired) electrons. The topological polar surface area (TPSA) is 85.7 Å². The fourth-order valence-corrected chi connectivity index (χ4v) is 4.20. The monoisotopic (exact) mass is 474 g/mol. The van der Waals surface area contributed by atoms with Crippen molar-refractivity contribution in [3.63, 3.8) is 0 Å². The van der Waals surface area contributed by atoms with Crippen molar-refractivity contribution >= 4 is 29.4 Å². The van der Waals surface area contributed by atoms with Crippen molar-refractivity contribution in [1.29, 1.82) is 0 Å². The molecule has 0 spiro atoms. The SMILES string of the molecule is O=C1C=Nc2nccc(Oc3ccc(CC(=O)C4(C(=O)Cc5ccc(F)cc5)CC4)cc3F)c2C1. The zero-order chi connectivity index (χ0) is 24.6. The van der Waals surface area contributed by atoms with E-state index in [1.165, 1.54) is 54.9 Å². The Morgan fingerprint density at radius 1 is 0.914 bits per heavy atom. The molecule has 2 aliphatic rings. The lowest BCUT2D eigenvalue weighted by Gasteiger charge is -2.15. The number of halogens is 2. The molecule has 1 fully saturated rings. The van der Waals surface area contributed by atoms with Gasteiger partial charge in [-0.1, -0.05) is 18.2 Å². The zero-order valence-corrected chi connectivity index (χ0v) is 18.6. The van der Waals surface area contributed by atoms with Crippen LogP contribution >= 0.6 is 0 Å². The van der Waals surface area contributed by atoms with E-state index >= 15 is 0 Å². The molecule has 0 unspecified atom stereocenters. The van der Waals surface area contributed by atoms with E-state index in [4.69, 9.17) is 4.74 Å². The highest BCUT2D eigenvalue weighted by atomic mass is 19.1. The van der Waals surface area contributed by atoms with Crippen molar-refractivity contribution in [2.75, 3.05) is 0 Å². The van der Waals surface area contributed by atoms with Crippen molar-refractivity contribution in [3.05, 3.63) is 83.1 Å². The van der Waals surface area contributed by atoms with Crippen molar-refractivity contribution in [1.82, 2.24) is 4.98 Å². The minimum atomic E-state index is -1.05. The normalized spacial score (nSPS) is 15.4. The lowest BCUT2D eigenvalue weighted by Crippen LogP contribution is -2.28. The van der Waals surface area contributed by atoms with E-state index in [9.17, 15) is 23.2 Å². The maximum atomic E-state index is 14.8. The first-order valence-corrected chi connectivity index (χ1v) is 11.2. The Labute approximate surface area is 199 Å². The molecule has 1 aromatic heterocycles. The number of ketones is 3. The second kappa shape index (κ2) is 8.94. The maximum absolute atomic E-state index is 14.8. The van der Waals surface area contributed by atoms with Crippen LogP contribution < -0.4 is 4.74 Å². The molecule has 1 aliphatic carbocycles. The fourth-order valence-electron chi connectivity index (χ4n) is 4.20. The number of benzene rings is 2. The second-order valence-corrected chi connectivity index (χ2v) is 8.79. The molecule has 5 rings (SSSR count). The van der Waals surface area contributed by atoms with Crippen LogP contribution in [0.3, 0.4) is 0 Å². The number of carbonyl (C=O) groups excluding carboxylic acids is 3. The van der Waals surface area contributed by atoms with E-state index in [2.05, 4.69) is 9.98 Å². The van der Waals surface area contributed by atoms with Gasteiger partial charge in [-0.3, -0.25) is 14.4 Å². The van der Waals surface area contributed by atoms with Gasteiger partial charge in [-0.15, -0.1) is 0 Å². The molecule has 0 atom stereocenters. The standard InChI is InChI=1S/C27H20F2N2O4/c28-18-4-1-16(2-5-18)12-24(33)27(8-9-27)25(34)13-17-3-6-23(21(29)11-17)35-22-7-10-30-26-20(22)14-19(32)15-31-26/h1-7,10-11,15H,8-9,12-14H2. The maximum Gasteiger partial charge on any atom is 0.178 e. The van der Waals surface area contributed by atoms with Gasteiger partial charge in [0.15, 0.2) is 34.7 Å². The van der Waals surface area contributed by atoms with Crippen LogP contribution in [0, 0.1) is 17.0 Å². The molecule has 2 heterocycles. The zero-order valence-electron chi connectivity index (χ0n) is 18.6. The third kappa shape index (κ3) is 4.64. The number of hydrogen-bond donors (Lipinski definition) is 0. The average molecular weight is 474 g/mol. The molecule has 0 saturated heterocycles. The van der Waals surface area contributed by atoms with Crippen LogP contribution in [-0.2, 0) is 33.6 Å². The van der Waals surface area contributed by atoms with Crippen molar-refractivity contribution in [3.8, 4) is 11.5 Å². The van der Waals surface area contributed by atoms with Gasteiger partial charge in [0.25, 0.3) is 0 Å². The minimum absolute atomic E-state index is 0.0515. The summed E-state index contributed by atoms with van der Waals surface area (Å²) in [7, 11) is 0. The first kappa shape index (κ1) is 22.7. The van der Waals surface area contributed by atoms with E-state index in [1.54, 1.807) is 6.07 Å². The molecule has 0 N–H and O–H groups in total. The van der Waals surface area contributed by atoms with Gasteiger partial charge in [0.2, 0.25) is 0 Å². The highest BCUT2D eigenvalue weighted by Crippen LogP contribution is 2.49. The number of aliphatic imine (C=N–C) groups is 1. The summed E-state index contributed by atoms with van der Waals surface area (Å²) >= 11 is 0. The quantitative estimate of drug-likeness (QED) is 0.443. The second-order valence-electron chi connectivity index (χ2n) is 8.79. The molecule has 1 aliphatic heterocycles. The molecule has 6 nitrogen and oxygen atoms in total. The summed E-state index contributed by atoms with van der Waals surface area (Å²) in [5.74, 6) is -1.15. The Morgan fingerprint density at radius 2 is 1.60 bits per heavy atom. The van der Waals surface area contributed by atoms with E-state index in [0.717, 1.165) is 0 Å². The van der Waals surface area contributed by atoms with Crippen LogP contribution in [0.25, 0.3) is 0 Å². The molecule has 1 saturated carbocycles. The number of Topliss-reactive ketones (excluding diaryl/α,β-unsaturated/α-hetero) is 3. The summed E-state index contributed by atoms with van der Waals surface area (Å²) in [5.41, 5.74) is 0.503. The molecule has 3 aromatic rings. The first-order valence-electron chi connectivity index (χ1n) is 11.2.